The predicted molar refractivity (Wildman–Crippen MR) is 81.7 cm³/mol. The van der Waals surface area contributed by atoms with E-state index in [9.17, 15) is 13.2 Å². The molecule has 0 unspecified atom stereocenters. The summed E-state index contributed by atoms with van der Waals surface area (Å²) in [7, 11) is -1.14. The molecule has 1 aromatic carbocycles. The molecule has 2 heterocycles. The number of amides is 1. The molecular formula is C15H20N2O3S. The summed E-state index contributed by atoms with van der Waals surface area (Å²) in [6.07, 6.45) is 0.427. The highest BCUT2D eigenvalue weighted by atomic mass is 32.2. The minimum Gasteiger partial charge on any atom is -0.326 e. The van der Waals surface area contributed by atoms with Crippen molar-refractivity contribution in [1.82, 2.24) is 4.90 Å². The maximum Gasteiger partial charge on any atom is 0.227 e. The van der Waals surface area contributed by atoms with Gasteiger partial charge in [-0.1, -0.05) is 18.2 Å². The monoisotopic (exact) mass is 308 g/mol. The second kappa shape index (κ2) is 5.42. The van der Waals surface area contributed by atoms with Gasteiger partial charge in [0.1, 0.15) is 0 Å². The van der Waals surface area contributed by atoms with E-state index in [0.29, 0.717) is 19.5 Å². The average molecular weight is 308 g/mol. The molecule has 3 atom stereocenters. The number of rotatable bonds is 2. The Labute approximate surface area is 125 Å². The minimum atomic E-state index is -3.05. The number of hydrogen-bond acceptors (Lipinski definition) is 4. The van der Waals surface area contributed by atoms with Gasteiger partial charge in [0, 0.05) is 30.6 Å². The number of sulfone groups is 1. The van der Waals surface area contributed by atoms with Crippen LogP contribution in [-0.2, 0) is 14.6 Å². The standard InChI is InChI=1S/C15H20N2O3S/c1-17-9-13-12(7-8-21(19,20)14(13)10-17)15(18)16-11-5-3-2-4-6-11/h2-6,12-14H,7-10H2,1H3,(H,16,18)/t12-,13+,14+/m1/s1. The van der Waals surface area contributed by atoms with E-state index in [1.807, 2.05) is 42.3 Å². The zero-order valence-electron chi connectivity index (χ0n) is 12.0. The minimum absolute atomic E-state index is 0.0543. The number of benzene rings is 1. The van der Waals surface area contributed by atoms with E-state index >= 15 is 0 Å². The highest BCUT2D eigenvalue weighted by Gasteiger charge is 2.49. The number of fused-ring (bicyclic) bond motifs is 1. The first kappa shape index (κ1) is 14.5. The lowest BCUT2D eigenvalue weighted by Gasteiger charge is -2.31. The summed E-state index contributed by atoms with van der Waals surface area (Å²) in [5.41, 5.74) is 0.763. The molecule has 2 aliphatic heterocycles. The Hall–Kier alpha value is -1.40. The average Bonchev–Trinajstić information content (AvgIpc) is 2.83. The van der Waals surface area contributed by atoms with E-state index in [1.54, 1.807) is 0 Å². The highest BCUT2D eigenvalue weighted by Crippen LogP contribution is 2.36. The quantitative estimate of drug-likeness (QED) is 0.885. The lowest BCUT2D eigenvalue weighted by atomic mass is 9.87. The summed E-state index contributed by atoms with van der Waals surface area (Å²) in [4.78, 5) is 14.5. The molecule has 0 saturated carbocycles. The summed E-state index contributed by atoms with van der Waals surface area (Å²) in [6.45, 7) is 1.22. The molecule has 1 amide bonds. The van der Waals surface area contributed by atoms with Crippen LogP contribution >= 0.6 is 0 Å². The fourth-order valence-corrected chi connectivity index (χ4v) is 5.67. The van der Waals surface area contributed by atoms with Crippen LogP contribution < -0.4 is 5.32 Å². The van der Waals surface area contributed by atoms with Gasteiger partial charge in [0.15, 0.2) is 9.84 Å². The van der Waals surface area contributed by atoms with Gasteiger partial charge in [-0.2, -0.15) is 0 Å². The number of carbonyl (C=O) groups is 1. The molecule has 6 heteroatoms. The Morgan fingerprint density at radius 3 is 2.67 bits per heavy atom. The molecule has 2 aliphatic rings. The van der Waals surface area contributed by atoms with Crippen LogP contribution in [0, 0.1) is 11.8 Å². The van der Waals surface area contributed by atoms with Gasteiger partial charge in [-0.15, -0.1) is 0 Å². The van der Waals surface area contributed by atoms with Crippen LogP contribution in [0.25, 0.3) is 0 Å². The fraction of sp³-hybridized carbons (Fsp3) is 0.533. The maximum absolute atomic E-state index is 12.5. The number of anilines is 1. The Morgan fingerprint density at radius 2 is 1.95 bits per heavy atom. The van der Waals surface area contributed by atoms with Crippen molar-refractivity contribution in [1.29, 1.82) is 0 Å². The smallest absolute Gasteiger partial charge is 0.227 e. The van der Waals surface area contributed by atoms with Gasteiger partial charge in [0.2, 0.25) is 5.91 Å². The van der Waals surface area contributed by atoms with Crippen molar-refractivity contribution in [2.75, 3.05) is 31.2 Å². The van der Waals surface area contributed by atoms with Gasteiger partial charge in [-0.3, -0.25) is 4.79 Å². The summed E-state index contributed by atoms with van der Waals surface area (Å²) in [5.74, 6) is -0.239. The molecular weight excluding hydrogens is 288 g/mol. The number of para-hydroxylation sites is 1. The van der Waals surface area contributed by atoms with Crippen molar-refractivity contribution < 1.29 is 13.2 Å². The van der Waals surface area contributed by atoms with E-state index < -0.39 is 9.84 Å². The van der Waals surface area contributed by atoms with Crippen molar-refractivity contribution in [2.24, 2.45) is 11.8 Å². The zero-order valence-corrected chi connectivity index (χ0v) is 12.8. The summed E-state index contributed by atoms with van der Waals surface area (Å²) >= 11 is 0. The Kier molecular flexibility index (Phi) is 3.75. The maximum atomic E-state index is 12.5. The second-order valence-electron chi connectivity index (χ2n) is 6.04. The molecule has 2 fully saturated rings. The molecule has 0 spiro atoms. The van der Waals surface area contributed by atoms with Crippen LogP contribution in [0.4, 0.5) is 5.69 Å². The topological polar surface area (TPSA) is 66.5 Å². The number of nitrogens with zero attached hydrogens (tertiary/aromatic N) is 1. The molecule has 0 aromatic heterocycles. The Balaban J connectivity index is 1.78. The highest BCUT2D eigenvalue weighted by molar-refractivity contribution is 7.92. The molecule has 114 valence electrons. The molecule has 0 aliphatic carbocycles. The van der Waals surface area contributed by atoms with Crippen molar-refractivity contribution in [3.63, 3.8) is 0 Å². The first-order chi connectivity index (χ1) is 9.97. The van der Waals surface area contributed by atoms with Gasteiger partial charge in [0.05, 0.1) is 11.0 Å². The van der Waals surface area contributed by atoms with Gasteiger partial charge in [-0.05, 0) is 25.6 Å². The van der Waals surface area contributed by atoms with Crippen molar-refractivity contribution in [3.05, 3.63) is 30.3 Å². The number of likely N-dealkylation sites (tertiary alicyclic amines) is 1. The third kappa shape index (κ3) is 2.82. The molecule has 21 heavy (non-hydrogen) atoms. The van der Waals surface area contributed by atoms with Crippen molar-refractivity contribution in [3.8, 4) is 0 Å². The van der Waals surface area contributed by atoms with Gasteiger partial charge < -0.3 is 10.2 Å². The molecule has 3 rings (SSSR count). The van der Waals surface area contributed by atoms with E-state index in [1.165, 1.54) is 0 Å². The summed E-state index contributed by atoms with van der Waals surface area (Å²) < 4.78 is 24.4. The molecule has 1 aromatic rings. The summed E-state index contributed by atoms with van der Waals surface area (Å²) in [6, 6.07) is 9.32. The van der Waals surface area contributed by atoms with Crippen LogP contribution in [-0.4, -0.2) is 50.4 Å². The van der Waals surface area contributed by atoms with E-state index in [4.69, 9.17) is 0 Å². The molecule has 0 radical (unpaired) electrons. The van der Waals surface area contributed by atoms with Crippen molar-refractivity contribution >= 4 is 21.4 Å². The van der Waals surface area contributed by atoms with E-state index in [0.717, 1.165) is 5.69 Å². The van der Waals surface area contributed by atoms with Crippen LogP contribution in [0.5, 0.6) is 0 Å². The van der Waals surface area contributed by atoms with E-state index in [-0.39, 0.29) is 28.7 Å². The molecule has 5 nitrogen and oxygen atoms in total. The van der Waals surface area contributed by atoms with Crippen molar-refractivity contribution in [2.45, 2.75) is 11.7 Å². The lowest BCUT2D eigenvalue weighted by Crippen LogP contribution is -2.45. The Bertz CT molecular complexity index is 630. The second-order valence-corrected chi connectivity index (χ2v) is 8.38. The SMILES string of the molecule is CN1C[C@H]2[C@H](C(=O)Nc3ccccc3)CCS(=O)(=O)[C@H]2C1. The van der Waals surface area contributed by atoms with Gasteiger partial charge in [0.25, 0.3) is 0 Å². The van der Waals surface area contributed by atoms with Crippen LogP contribution in [0.3, 0.4) is 0 Å². The van der Waals surface area contributed by atoms with Gasteiger partial charge >= 0.3 is 0 Å². The molecule has 1 N–H and O–H groups in total. The number of hydrogen-bond donors (Lipinski definition) is 1. The molecule has 2 saturated heterocycles. The zero-order chi connectivity index (χ0) is 15.0. The predicted octanol–water partition coefficient (Wildman–Crippen LogP) is 0.990. The number of carbonyl (C=O) groups excluding carboxylic acids is 1. The largest absolute Gasteiger partial charge is 0.326 e. The third-order valence-electron chi connectivity index (χ3n) is 4.56. The lowest BCUT2D eigenvalue weighted by molar-refractivity contribution is -0.121. The van der Waals surface area contributed by atoms with Crippen LogP contribution in [0.1, 0.15) is 6.42 Å². The van der Waals surface area contributed by atoms with Crippen LogP contribution in [0.15, 0.2) is 30.3 Å². The van der Waals surface area contributed by atoms with E-state index in [2.05, 4.69) is 5.32 Å². The van der Waals surface area contributed by atoms with Crippen LogP contribution in [0.2, 0.25) is 0 Å². The first-order valence-electron chi connectivity index (χ1n) is 7.23. The fourth-order valence-electron chi connectivity index (χ4n) is 3.50. The normalized spacial score (nSPS) is 31.6. The first-order valence-corrected chi connectivity index (χ1v) is 8.95. The summed E-state index contributed by atoms with van der Waals surface area (Å²) in [5, 5.41) is 2.53. The number of nitrogens with one attached hydrogen (secondary N) is 1. The van der Waals surface area contributed by atoms with Gasteiger partial charge in [-0.25, -0.2) is 8.42 Å². The Morgan fingerprint density at radius 1 is 1.24 bits per heavy atom. The third-order valence-corrected chi connectivity index (χ3v) is 6.79. The molecule has 0 bridgehead atoms.